The highest BCUT2D eigenvalue weighted by molar-refractivity contribution is 6.39. The molecule has 12 nitrogen and oxygen atoms in total. The number of halogens is 3. The molecule has 2 fully saturated rings. The van der Waals surface area contributed by atoms with Crippen molar-refractivity contribution in [2.45, 2.75) is 25.8 Å². The maximum absolute atomic E-state index is 15.5. The van der Waals surface area contributed by atoms with Gasteiger partial charge in [0.2, 0.25) is 17.5 Å². The van der Waals surface area contributed by atoms with Crippen LogP contribution in [0.4, 0.5) is 10.1 Å². The van der Waals surface area contributed by atoms with E-state index in [4.69, 9.17) is 32.9 Å². The van der Waals surface area contributed by atoms with Gasteiger partial charge in [0, 0.05) is 80.9 Å². The molecule has 1 spiro atoms. The first-order valence-corrected chi connectivity index (χ1v) is 16.4. The number of carbonyl (C=O) groups excluding carboxylic acids is 2. The first kappa shape index (κ1) is 32.9. The summed E-state index contributed by atoms with van der Waals surface area (Å²) in [5, 5.41) is 6.33. The second-order valence-corrected chi connectivity index (χ2v) is 13.7. The average Bonchev–Trinajstić information content (AvgIpc) is 3.45. The lowest BCUT2D eigenvalue weighted by Gasteiger charge is -2.61. The monoisotopic (exact) mass is 707 g/mol. The highest BCUT2D eigenvalue weighted by Crippen LogP contribution is 2.50. The minimum atomic E-state index is -0.928. The number of anilines is 1. The predicted molar refractivity (Wildman–Crippen MR) is 182 cm³/mol. The van der Waals surface area contributed by atoms with Gasteiger partial charge in [-0.1, -0.05) is 41.4 Å². The van der Waals surface area contributed by atoms with Gasteiger partial charge in [0.15, 0.2) is 0 Å². The van der Waals surface area contributed by atoms with Crippen LogP contribution in [0.1, 0.15) is 41.0 Å². The van der Waals surface area contributed by atoms with Crippen molar-refractivity contribution >= 4 is 40.7 Å². The van der Waals surface area contributed by atoms with Gasteiger partial charge >= 0.3 is 5.69 Å². The lowest BCUT2D eigenvalue weighted by Crippen LogP contribution is -2.72. The molecule has 49 heavy (non-hydrogen) atoms. The highest BCUT2D eigenvalue weighted by Gasteiger charge is 2.55. The maximum atomic E-state index is 15.5. The van der Waals surface area contributed by atoms with E-state index >= 15 is 4.39 Å². The number of benzene rings is 2. The van der Waals surface area contributed by atoms with E-state index in [0.717, 1.165) is 65.5 Å². The molecule has 0 unspecified atom stereocenters. The third kappa shape index (κ3) is 5.40. The average molecular weight is 709 g/mol. The lowest BCUT2D eigenvalue weighted by molar-refractivity contribution is -0.161. The van der Waals surface area contributed by atoms with Crippen molar-refractivity contribution in [1.29, 1.82) is 0 Å². The molecule has 15 heteroatoms. The Morgan fingerprint density at radius 1 is 1.04 bits per heavy atom. The van der Waals surface area contributed by atoms with Crippen molar-refractivity contribution in [2.75, 3.05) is 38.6 Å². The summed E-state index contributed by atoms with van der Waals surface area (Å²) in [5.41, 5.74) is 1.49. The number of ether oxygens (including phenoxy) is 1. The normalized spacial score (nSPS) is 17.8. The molecule has 4 heterocycles. The van der Waals surface area contributed by atoms with E-state index in [2.05, 4.69) is 15.3 Å². The molecule has 7 rings (SSSR count). The third-order valence-electron chi connectivity index (χ3n) is 9.76. The van der Waals surface area contributed by atoms with Crippen LogP contribution in [0.5, 0.6) is 5.88 Å². The first-order valence-electron chi connectivity index (χ1n) is 15.6. The Bertz CT molecular complexity index is 2190. The van der Waals surface area contributed by atoms with Gasteiger partial charge in [0.1, 0.15) is 5.82 Å². The van der Waals surface area contributed by atoms with Gasteiger partial charge < -0.3 is 15.0 Å². The number of methoxy groups -OCH3 is 1. The third-order valence-corrected chi connectivity index (χ3v) is 10.6. The van der Waals surface area contributed by atoms with E-state index in [1.165, 1.54) is 20.2 Å². The smallest absolute Gasteiger partial charge is 0.346 e. The van der Waals surface area contributed by atoms with Gasteiger partial charge in [-0.3, -0.25) is 23.9 Å². The Morgan fingerprint density at radius 2 is 1.76 bits per heavy atom. The van der Waals surface area contributed by atoms with E-state index in [0.29, 0.717) is 17.1 Å². The number of hydrogen-bond acceptors (Lipinski definition) is 8. The minimum absolute atomic E-state index is 0.00860. The number of fused-ring (bicyclic) bond motifs is 1. The van der Waals surface area contributed by atoms with E-state index in [9.17, 15) is 19.2 Å². The number of amides is 2. The standard InChI is InChI=1S/C34H32Cl2FN7O5/c1-17(45)43-13-34(14-43)15-44(16-34)24-11-8-18-12-23(39-31(49-4)25(18)24)19-6-5-7-20(27(19)35)26-21(37)9-10-22(28(26)36)38-30(46)29-32(47)41(2)33(48)42(3)40-29/h5-7,9-10,12,24H,8,11,13-16H2,1-4H3,(H,38,46)/t24-/m0/s1. The summed E-state index contributed by atoms with van der Waals surface area (Å²) in [4.78, 5) is 58.5. The van der Waals surface area contributed by atoms with Crippen molar-refractivity contribution in [2.24, 2.45) is 19.5 Å². The van der Waals surface area contributed by atoms with E-state index in [1.54, 1.807) is 32.2 Å². The van der Waals surface area contributed by atoms with Crippen molar-refractivity contribution in [3.63, 3.8) is 0 Å². The number of pyridine rings is 1. The number of nitrogens with zero attached hydrogens (tertiary/aromatic N) is 6. The summed E-state index contributed by atoms with van der Waals surface area (Å²) in [5.74, 6) is -0.999. The first-order chi connectivity index (χ1) is 23.3. The predicted octanol–water partition coefficient (Wildman–Crippen LogP) is 4.07. The molecular formula is C34H32Cl2FN7O5. The number of rotatable bonds is 6. The van der Waals surface area contributed by atoms with Crippen LogP contribution in [0.2, 0.25) is 10.0 Å². The molecule has 2 aromatic carbocycles. The van der Waals surface area contributed by atoms with Crippen LogP contribution in [-0.2, 0) is 25.3 Å². The van der Waals surface area contributed by atoms with Crippen molar-refractivity contribution in [1.82, 2.24) is 29.1 Å². The molecule has 4 aromatic rings. The molecule has 3 aliphatic rings. The van der Waals surface area contributed by atoms with E-state index in [1.807, 2.05) is 11.0 Å². The molecule has 0 saturated carbocycles. The molecule has 0 radical (unpaired) electrons. The number of carbonyl (C=O) groups is 2. The van der Waals surface area contributed by atoms with Gasteiger partial charge in [-0.05, 0) is 36.6 Å². The van der Waals surface area contributed by atoms with Crippen LogP contribution in [0.25, 0.3) is 22.4 Å². The zero-order valence-corrected chi connectivity index (χ0v) is 28.7. The SMILES string of the molecule is COc1nc(-c2cccc(-c3c(F)ccc(NC(=O)c4nn(C)c(=O)n(C)c4=O)c3Cl)c2Cl)cc2c1[C@@H](N1CC3(CN(C(C)=O)C3)C1)CC2. The van der Waals surface area contributed by atoms with Crippen LogP contribution in [0.3, 0.4) is 0 Å². The Balaban J connectivity index is 1.18. The minimum Gasteiger partial charge on any atom is -0.481 e. The Morgan fingerprint density at radius 3 is 2.45 bits per heavy atom. The number of hydrogen-bond donors (Lipinski definition) is 1. The summed E-state index contributed by atoms with van der Waals surface area (Å²) < 4.78 is 22.9. The molecule has 2 amide bonds. The lowest BCUT2D eigenvalue weighted by atomic mass is 9.72. The Labute approximate surface area is 290 Å². The molecule has 254 valence electrons. The molecular weight excluding hydrogens is 676 g/mol. The number of nitrogens with one attached hydrogen (secondary N) is 1. The Hall–Kier alpha value is -4.59. The van der Waals surface area contributed by atoms with Crippen LogP contribution < -0.4 is 21.3 Å². The fourth-order valence-electron chi connectivity index (χ4n) is 7.30. The van der Waals surface area contributed by atoms with Gasteiger partial charge in [-0.15, -0.1) is 0 Å². The van der Waals surface area contributed by atoms with Crippen LogP contribution in [0, 0.1) is 11.2 Å². The van der Waals surface area contributed by atoms with Gasteiger partial charge in [-0.25, -0.2) is 18.9 Å². The summed E-state index contributed by atoms with van der Waals surface area (Å²) in [6.07, 6.45) is 1.74. The number of aryl methyl sites for hydroxylation is 2. The Kier molecular flexibility index (Phi) is 8.12. The zero-order chi connectivity index (χ0) is 34.9. The van der Waals surface area contributed by atoms with E-state index < -0.39 is 28.7 Å². The quantitative estimate of drug-likeness (QED) is 0.318. The second kappa shape index (κ2) is 12.1. The van der Waals surface area contributed by atoms with Crippen molar-refractivity contribution in [3.05, 3.63) is 89.9 Å². The second-order valence-electron chi connectivity index (χ2n) is 12.9. The molecule has 0 bridgehead atoms. The molecule has 1 N–H and O–H groups in total. The van der Waals surface area contributed by atoms with E-state index in [-0.39, 0.29) is 44.2 Å². The van der Waals surface area contributed by atoms with Gasteiger partial charge in [0.25, 0.3) is 11.5 Å². The highest BCUT2D eigenvalue weighted by atomic mass is 35.5. The summed E-state index contributed by atoms with van der Waals surface area (Å²) >= 11 is 13.7. The van der Waals surface area contributed by atoms with Crippen molar-refractivity contribution < 1.29 is 18.7 Å². The number of aromatic nitrogens is 4. The topological polar surface area (TPSA) is 132 Å². The molecule has 1 atom stereocenters. The van der Waals surface area contributed by atoms with Crippen LogP contribution in [0.15, 0.2) is 46.0 Å². The fraction of sp³-hybridized carbons (Fsp3) is 0.353. The van der Waals surface area contributed by atoms with Gasteiger partial charge in [-0.2, -0.15) is 5.10 Å². The molecule has 2 aliphatic heterocycles. The largest absolute Gasteiger partial charge is 0.481 e. The van der Waals surface area contributed by atoms with Crippen LogP contribution in [-0.4, -0.2) is 74.2 Å². The maximum Gasteiger partial charge on any atom is 0.346 e. The van der Waals surface area contributed by atoms with Gasteiger partial charge in [0.05, 0.1) is 28.5 Å². The molecule has 1 aliphatic carbocycles. The fourth-order valence-corrected chi connectivity index (χ4v) is 7.92. The number of likely N-dealkylation sites (tertiary alicyclic amines) is 2. The summed E-state index contributed by atoms with van der Waals surface area (Å²) in [6, 6.07) is 9.65. The molecule has 2 saturated heterocycles. The van der Waals surface area contributed by atoms with Crippen molar-refractivity contribution in [3.8, 4) is 28.3 Å². The summed E-state index contributed by atoms with van der Waals surface area (Å²) in [7, 11) is 4.12. The van der Waals surface area contributed by atoms with Crippen LogP contribution >= 0.6 is 23.2 Å². The summed E-state index contributed by atoms with van der Waals surface area (Å²) in [6.45, 7) is 5.05. The molecule has 2 aromatic heterocycles. The zero-order valence-electron chi connectivity index (χ0n) is 27.1.